The van der Waals surface area contributed by atoms with E-state index in [0.717, 1.165) is 0 Å². The zero-order valence-electron chi connectivity index (χ0n) is 11.8. The number of carbonyl (C=O) groups is 1. The van der Waals surface area contributed by atoms with Crippen LogP contribution in [0.4, 0.5) is 0 Å². The minimum Gasteiger partial charge on any atom is -0.378 e. The van der Waals surface area contributed by atoms with Crippen LogP contribution >= 0.6 is 23.2 Å². The third-order valence-electron chi connectivity index (χ3n) is 2.89. The number of benzene rings is 1. The molecule has 1 aromatic carbocycles. The van der Waals surface area contributed by atoms with E-state index in [2.05, 4.69) is 15.5 Å². The van der Waals surface area contributed by atoms with Crippen LogP contribution in [0, 0.1) is 6.92 Å². The second-order valence-electron chi connectivity index (χ2n) is 4.74. The standard InChI is InChI=1S/C14H15Cl2N3O3/c1-8-18-12(22-19-8)3-2-4-17-14(21)13(20)9-5-10(15)7-11(16)6-9/h5-7,13,20H,2-4H2,1H3,(H,17,21)/t13-/m1/s1. The smallest absolute Gasteiger partial charge is 0.253 e. The molecule has 1 atom stereocenters. The lowest BCUT2D eigenvalue weighted by Crippen LogP contribution is -2.30. The third-order valence-corrected chi connectivity index (χ3v) is 3.32. The van der Waals surface area contributed by atoms with Gasteiger partial charge in [-0.3, -0.25) is 4.79 Å². The van der Waals surface area contributed by atoms with Gasteiger partial charge in [0.2, 0.25) is 5.89 Å². The van der Waals surface area contributed by atoms with Crippen molar-refractivity contribution in [2.75, 3.05) is 6.54 Å². The Hall–Kier alpha value is -1.63. The Morgan fingerprint density at radius 2 is 2.05 bits per heavy atom. The minimum absolute atomic E-state index is 0.350. The van der Waals surface area contributed by atoms with Gasteiger partial charge in [-0.15, -0.1) is 0 Å². The number of aliphatic hydroxyl groups excluding tert-OH is 1. The number of nitrogens with zero attached hydrogens (tertiary/aromatic N) is 2. The molecule has 0 unspecified atom stereocenters. The molecule has 2 N–H and O–H groups in total. The Balaban J connectivity index is 1.81. The van der Waals surface area contributed by atoms with Crippen molar-refractivity contribution >= 4 is 29.1 Å². The quantitative estimate of drug-likeness (QED) is 0.786. The molecule has 0 aliphatic heterocycles. The monoisotopic (exact) mass is 343 g/mol. The molecule has 118 valence electrons. The largest absolute Gasteiger partial charge is 0.378 e. The van der Waals surface area contributed by atoms with Crippen LogP contribution in [0.15, 0.2) is 22.7 Å². The maximum atomic E-state index is 11.9. The first-order valence-corrected chi connectivity index (χ1v) is 7.42. The Kier molecular flexibility index (Phi) is 5.76. The van der Waals surface area contributed by atoms with Gasteiger partial charge >= 0.3 is 0 Å². The average Bonchev–Trinajstić information content (AvgIpc) is 2.87. The van der Waals surface area contributed by atoms with E-state index in [0.29, 0.717) is 46.7 Å². The Bertz CT molecular complexity index is 640. The first kappa shape index (κ1) is 16.7. The molecule has 2 aromatic rings. The zero-order chi connectivity index (χ0) is 16.1. The van der Waals surface area contributed by atoms with E-state index in [1.807, 2.05) is 0 Å². The summed E-state index contributed by atoms with van der Waals surface area (Å²) in [5, 5.41) is 17.0. The second kappa shape index (κ2) is 7.58. The number of rotatable bonds is 6. The van der Waals surface area contributed by atoms with Gasteiger partial charge in [0.1, 0.15) is 0 Å². The Morgan fingerprint density at radius 3 is 2.64 bits per heavy atom. The number of aryl methyl sites for hydroxylation is 2. The van der Waals surface area contributed by atoms with Gasteiger partial charge in [-0.05, 0) is 37.1 Å². The molecule has 2 rings (SSSR count). The van der Waals surface area contributed by atoms with Crippen molar-refractivity contribution in [3.8, 4) is 0 Å². The topological polar surface area (TPSA) is 88.2 Å². The summed E-state index contributed by atoms with van der Waals surface area (Å²) in [6.07, 6.45) is -0.141. The second-order valence-corrected chi connectivity index (χ2v) is 5.61. The van der Waals surface area contributed by atoms with Crippen molar-refractivity contribution in [2.24, 2.45) is 0 Å². The molecule has 1 heterocycles. The van der Waals surface area contributed by atoms with E-state index in [-0.39, 0.29) is 0 Å². The van der Waals surface area contributed by atoms with Crippen LogP contribution in [-0.2, 0) is 11.2 Å². The summed E-state index contributed by atoms with van der Waals surface area (Å²) in [7, 11) is 0. The van der Waals surface area contributed by atoms with Gasteiger partial charge < -0.3 is 14.9 Å². The SMILES string of the molecule is Cc1noc(CCCNC(=O)[C@H](O)c2cc(Cl)cc(Cl)c2)n1. The molecule has 0 saturated carbocycles. The maximum Gasteiger partial charge on any atom is 0.253 e. The zero-order valence-corrected chi connectivity index (χ0v) is 13.4. The summed E-state index contributed by atoms with van der Waals surface area (Å²) in [6, 6.07) is 4.53. The number of carbonyl (C=O) groups excluding carboxylic acids is 1. The molecule has 8 heteroatoms. The normalized spacial score (nSPS) is 12.2. The molecule has 0 aliphatic rings. The fourth-order valence-electron chi connectivity index (χ4n) is 1.87. The van der Waals surface area contributed by atoms with Crippen molar-refractivity contribution in [3.05, 3.63) is 45.5 Å². The molecular weight excluding hydrogens is 329 g/mol. The van der Waals surface area contributed by atoms with Crippen LogP contribution in [0.1, 0.15) is 29.8 Å². The summed E-state index contributed by atoms with van der Waals surface area (Å²) in [6.45, 7) is 2.12. The number of nitrogens with one attached hydrogen (secondary N) is 1. The number of aliphatic hydroxyl groups is 1. The highest BCUT2D eigenvalue weighted by atomic mass is 35.5. The Morgan fingerprint density at radius 1 is 1.36 bits per heavy atom. The fourth-order valence-corrected chi connectivity index (χ4v) is 2.42. The first-order valence-electron chi connectivity index (χ1n) is 6.66. The van der Waals surface area contributed by atoms with E-state index in [9.17, 15) is 9.90 Å². The highest BCUT2D eigenvalue weighted by Gasteiger charge is 2.18. The molecule has 0 aliphatic carbocycles. The summed E-state index contributed by atoms with van der Waals surface area (Å²) in [5.74, 6) is 0.584. The summed E-state index contributed by atoms with van der Waals surface area (Å²) in [5.41, 5.74) is 0.350. The van der Waals surface area contributed by atoms with Crippen molar-refractivity contribution in [2.45, 2.75) is 25.9 Å². The van der Waals surface area contributed by atoms with Gasteiger partial charge in [0, 0.05) is 23.0 Å². The predicted octanol–water partition coefficient (Wildman–Crippen LogP) is 2.47. The van der Waals surface area contributed by atoms with E-state index in [1.165, 1.54) is 18.2 Å². The highest BCUT2D eigenvalue weighted by molar-refractivity contribution is 6.34. The van der Waals surface area contributed by atoms with E-state index >= 15 is 0 Å². The van der Waals surface area contributed by atoms with E-state index in [4.69, 9.17) is 27.7 Å². The molecule has 1 amide bonds. The van der Waals surface area contributed by atoms with Gasteiger partial charge in [-0.2, -0.15) is 4.98 Å². The van der Waals surface area contributed by atoms with Gasteiger partial charge in [-0.25, -0.2) is 0 Å². The molecule has 0 fully saturated rings. The van der Waals surface area contributed by atoms with Crippen LogP contribution in [0.2, 0.25) is 10.0 Å². The average molecular weight is 344 g/mol. The van der Waals surface area contributed by atoms with Crippen LogP contribution in [0.25, 0.3) is 0 Å². The van der Waals surface area contributed by atoms with Gasteiger partial charge in [0.25, 0.3) is 5.91 Å². The molecule has 0 spiro atoms. The predicted molar refractivity (Wildman–Crippen MR) is 81.8 cm³/mol. The number of hydrogen-bond acceptors (Lipinski definition) is 5. The number of amides is 1. The lowest BCUT2D eigenvalue weighted by molar-refractivity contribution is -0.129. The van der Waals surface area contributed by atoms with Crippen LogP contribution in [0.3, 0.4) is 0 Å². The first-order chi connectivity index (χ1) is 10.5. The summed E-state index contributed by atoms with van der Waals surface area (Å²) < 4.78 is 4.96. The van der Waals surface area contributed by atoms with E-state index < -0.39 is 12.0 Å². The molecule has 0 saturated heterocycles. The third kappa shape index (κ3) is 4.69. The van der Waals surface area contributed by atoms with Crippen LogP contribution in [0.5, 0.6) is 0 Å². The van der Waals surface area contributed by atoms with Gasteiger partial charge in [0.05, 0.1) is 0 Å². The minimum atomic E-state index is -1.32. The van der Waals surface area contributed by atoms with Crippen molar-refractivity contribution in [1.29, 1.82) is 0 Å². The summed E-state index contributed by atoms with van der Waals surface area (Å²) >= 11 is 11.7. The van der Waals surface area contributed by atoms with Crippen LogP contribution < -0.4 is 5.32 Å². The lowest BCUT2D eigenvalue weighted by Gasteiger charge is -2.12. The molecule has 0 bridgehead atoms. The van der Waals surface area contributed by atoms with E-state index in [1.54, 1.807) is 6.92 Å². The maximum absolute atomic E-state index is 11.9. The Labute approximate surface area is 137 Å². The molecular formula is C14H15Cl2N3O3. The molecule has 1 aromatic heterocycles. The number of aromatic nitrogens is 2. The van der Waals surface area contributed by atoms with Crippen molar-refractivity contribution < 1.29 is 14.4 Å². The number of hydrogen-bond donors (Lipinski definition) is 2. The lowest BCUT2D eigenvalue weighted by atomic mass is 10.1. The van der Waals surface area contributed by atoms with Crippen molar-refractivity contribution in [1.82, 2.24) is 15.5 Å². The highest BCUT2D eigenvalue weighted by Crippen LogP contribution is 2.23. The van der Waals surface area contributed by atoms with Gasteiger partial charge in [-0.1, -0.05) is 28.4 Å². The number of halogens is 2. The molecule has 6 nitrogen and oxygen atoms in total. The fraction of sp³-hybridized carbons (Fsp3) is 0.357. The van der Waals surface area contributed by atoms with Crippen molar-refractivity contribution in [3.63, 3.8) is 0 Å². The molecule has 0 radical (unpaired) electrons. The summed E-state index contributed by atoms with van der Waals surface area (Å²) in [4.78, 5) is 15.9. The molecule has 22 heavy (non-hydrogen) atoms. The van der Waals surface area contributed by atoms with Gasteiger partial charge in [0.15, 0.2) is 11.9 Å². The van der Waals surface area contributed by atoms with Crippen LogP contribution in [-0.4, -0.2) is 27.7 Å².